The van der Waals surface area contributed by atoms with Crippen LogP contribution in [-0.2, 0) is 11.3 Å². The zero-order valence-corrected chi connectivity index (χ0v) is 13.3. The number of carbonyl (C=O) groups excluding carboxylic acids is 1. The number of carbonyl (C=O) groups is 1. The first-order chi connectivity index (χ1) is 10.6. The molecule has 0 spiro atoms. The lowest BCUT2D eigenvalue weighted by atomic mass is 10.2. The number of ether oxygens (including phenoxy) is 1. The number of aromatic nitrogens is 1. The fourth-order valence-corrected chi connectivity index (χ4v) is 2.04. The lowest BCUT2D eigenvalue weighted by Crippen LogP contribution is -2.22. The van der Waals surface area contributed by atoms with Gasteiger partial charge in [-0.3, -0.25) is 9.78 Å². The molecule has 2 aromatic rings. The molecule has 0 aliphatic rings. The smallest absolute Gasteiger partial charge is 0.220 e. The van der Waals surface area contributed by atoms with Crippen molar-refractivity contribution < 1.29 is 9.53 Å². The Bertz CT molecular complexity index is 617. The molecule has 2 rings (SSSR count). The van der Waals surface area contributed by atoms with E-state index in [9.17, 15) is 4.79 Å². The zero-order chi connectivity index (χ0) is 15.8. The number of hydrogen-bond acceptors (Lipinski definition) is 3. The van der Waals surface area contributed by atoms with E-state index in [4.69, 9.17) is 16.3 Å². The summed E-state index contributed by atoms with van der Waals surface area (Å²) < 4.78 is 5.61. The van der Waals surface area contributed by atoms with Crippen LogP contribution in [0.2, 0.25) is 5.02 Å². The zero-order valence-electron chi connectivity index (χ0n) is 12.5. The molecule has 0 atom stereocenters. The fourth-order valence-electron chi connectivity index (χ4n) is 1.92. The average molecular weight is 319 g/mol. The Hall–Kier alpha value is -2.07. The fraction of sp³-hybridized carbons (Fsp3) is 0.294. The standard InChI is InChI=1S/C17H19ClN2O2/c1-13-11-15(4-5-16(13)18)22-10-2-3-17(21)20-12-14-6-8-19-9-7-14/h4-9,11H,2-3,10,12H2,1H3,(H,20,21). The molecule has 5 heteroatoms. The number of pyridine rings is 1. The van der Waals surface area contributed by atoms with Gasteiger partial charge in [0.1, 0.15) is 5.75 Å². The van der Waals surface area contributed by atoms with E-state index in [0.29, 0.717) is 26.0 Å². The highest BCUT2D eigenvalue weighted by Crippen LogP contribution is 2.21. The van der Waals surface area contributed by atoms with E-state index in [1.54, 1.807) is 12.4 Å². The summed E-state index contributed by atoms with van der Waals surface area (Å²) in [4.78, 5) is 15.7. The Morgan fingerprint density at radius 1 is 1.27 bits per heavy atom. The second kappa shape index (κ2) is 8.39. The number of rotatable bonds is 7. The third kappa shape index (κ3) is 5.37. The third-order valence-electron chi connectivity index (χ3n) is 3.19. The van der Waals surface area contributed by atoms with Crippen molar-refractivity contribution in [1.82, 2.24) is 10.3 Å². The normalized spacial score (nSPS) is 10.3. The Morgan fingerprint density at radius 2 is 2.05 bits per heavy atom. The number of hydrogen-bond donors (Lipinski definition) is 1. The van der Waals surface area contributed by atoms with Crippen molar-refractivity contribution in [2.24, 2.45) is 0 Å². The van der Waals surface area contributed by atoms with E-state index >= 15 is 0 Å². The molecular weight excluding hydrogens is 300 g/mol. The van der Waals surface area contributed by atoms with Crippen molar-refractivity contribution in [3.05, 3.63) is 58.9 Å². The third-order valence-corrected chi connectivity index (χ3v) is 3.61. The number of halogens is 1. The monoisotopic (exact) mass is 318 g/mol. The van der Waals surface area contributed by atoms with Gasteiger partial charge in [-0.2, -0.15) is 0 Å². The number of nitrogens with zero attached hydrogens (tertiary/aromatic N) is 1. The van der Waals surface area contributed by atoms with Crippen LogP contribution in [0.5, 0.6) is 5.75 Å². The highest BCUT2D eigenvalue weighted by Gasteiger charge is 2.03. The minimum absolute atomic E-state index is 0.0210. The highest BCUT2D eigenvalue weighted by atomic mass is 35.5. The summed E-state index contributed by atoms with van der Waals surface area (Å²) in [6.45, 7) is 2.96. The SMILES string of the molecule is Cc1cc(OCCCC(=O)NCc2ccncc2)ccc1Cl. The van der Waals surface area contributed by atoms with Gasteiger partial charge in [-0.05, 0) is 54.8 Å². The summed E-state index contributed by atoms with van der Waals surface area (Å²) in [5.74, 6) is 0.798. The molecule has 0 aliphatic carbocycles. The van der Waals surface area contributed by atoms with Gasteiger partial charge in [0.2, 0.25) is 5.91 Å². The first-order valence-corrected chi connectivity index (χ1v) is 7.57. The van der Waals surface area contributed by atoms with Crippen LogP contribution in [0.25, 0.3) is 0 Å². The van der Waals surface area contributed by atoms with E-state index in [-0.39, 0.29) is 5.91 Å². The lowest BCUT2D eigenvalue weighted by Gasteiger charge is -2.08. The van der Waals surface area contributed by atoms with Crippen LogP contribution in [0.1, 0.15) is 24.0 Å². The molecule has 116 valence electrons. The van der Waals surface area contributed by atoms with Gasteiger partial charge in [0.05, 0.1) is 6.61 Å². The average Bonchev–Trinajstić information content (AvgIpc) is 2.54. The van der Waals surface area contributed by atoms with Gasteiger partial charge in [0.15, 0.2) is 0 Å². The Kier molecular flexibility index (Phi) is 6.22. The van der Waals surface area contributed by atoms with Gasteiger partial charge in [-0.25, -0.2) is 0 Å². The number of aryl methyl sites for hydroxylation is 1. The predicted octanol–water partition coefficient (Wildman–Crippen LogP) is 3.52. The molecule has 1 aromatic heterocycles. The highest BCUT2D eigenvalue weighted by molar-refractivity contribution is 6.31. The molecule has 0 saturated heterocycles. The quantitative estimate of drug-likeness (QED) is 0.795. The van der Waals surface area contributed by atoms with Crippen LogP contribution < -0.4 is 10.1 Å². The summed E-state index contributed by atoms with van der Waals surface area (Å²) in [5, 5.41) is 3.60. The molecule has 22 heavy (non-hydrogen) atoms. The van der Waals surface area contributed by atoms with E-state index in [1.807, 2.05) is 37.3 Å². The molecule has 0 aliphatic heterocycles. The van der Waals surface area contributed by atoms with Crippen molar-refractivity contribution in [2.75, 3.05) is 6.61 Å². The van der Waals surface area contributed by atoms with Crippen molar-refractivity contribution in [3.63, 3.8) is 0 Å². The molecule has 1 aromatic carbocycles. The lowest BCUT2D eigenvalue weighted by molar-refractivity contribution is -0.121. The van der Waals surface area contributed by atoms with Crippen molar-refractivity contribution in [2.45, 2.75) is 26.3 Å². The molecule has 0 bridgehead atoms. The van der Waals surface area contributed by atoms with Crippen LogP contribution in [0, 0.1) is 6.92 Å². The molecule has 1 amide bonds. The summed E-state index contributed by atoms with van der Waals surface area (Å²) >= 11 is 5.96. The summed E-state index contributed by atoms with van der Waals surface area (Å²) in [5.41, 5.74) is 2.02. The maximum absolute atomic E-state index is 11.7. The maximum atomic E-state index is 11.7. The van der Waals surface area contributed by atoms with Gasteiger partial charge < -0.3 is 10.1 Å². The molecule has 4 nitrogen and oxygen atoms in total. The van der Waals surface area contributed by atoms with Crippen LogP contribution in [-0.4, -0.2) is 17.5 Å². The molecular formula is C17H19ClN2O2. The number of amides is 1. The summed E-state index contributed by atoms with van der Waals surface area (Å²) in [6, 6.07) is 9.30. The van der Waals surface area contributed by atoms with E-state index in [2.05, 4.69) is 10.3 Å². The second-order valence-corrected chi connectivity index (χ2v) is 5.40. The Balaban J connectivity index is 1.63. The van der Waals surface area contributed by atoms with Crippen LogP contribution in [0.15, 0.2) is 42.7 Å². The molecule has 1 heterocycles. The topological polar surface area (TPSA) is 51.2 Å². The minimum Gasteiger partial charge on any atom is -0.494 e. The number of nitrogens with one attached hydrogen (secondary N) is 1. The van der Waals surface area contributed by atoms with E-state index in [0.717, 1.165) is 21.9 Å². The largest absolute Gasteiger partial charge is 0.494 e. The van der Waals surface area contributed by atoms with Gasteiger partial charge >= 0.3 is 0 Å². The van der Waals surface area contributed by atoms with Crippen LogP contribution in [0.3, 0.4) is 0 Å². The molecule has 0 unspecified atom stereocenters. The minimum atomic E-state index is 0.0210. The Labute approximate surface area is 135 Å². The molecule has 0 saturated carbocycles. The van der Waals surface area contributed by atoms with Crippen molar-refractivity contribution in [1.29, 1.82) is 0 Å². The molecule has 0 fully saturated rings. The number of benzene rings is 1. The van der Waals surface area contributed by atoms with Gasteiger partial charge in [-0.1, -0.05) is 11.6 Å². The van der Waals surface area contributed by atoms with Crippen LogP contribution in [0.4, 0.5) is 0 Å². The van der Waals surface area contributed by atoms with Crippen molar-refractivity contribution in [3.8, 4) is 5.75 Å². The van der Waals surface area contributed by atoms with Gasteiger partial charge in [0.25, 0.3) is 0 Å². The Morgan fingerprint density at radius 3 is 2.77 bits per heavy atom. The second-order valence-electron chi connectivity index (χ2n) is 5.00. The van der Waals surface area contributed by atoms with Crippen LogP contribution >= 0.6 is 11.6 Å². The van der Waals surface area contributed by atoms with Gasteiger partial charge in [-0.15, -0.1) is 0 Å². The van der Waals surface area contributed by atoms with Crippen molar-refractivity contribution >= 4 is 17.5 Å². The maximum Gasteiger partial charge on any atom is 0.220 e. The first-order valence-electron chi connectivity index (χ1n) is 7.20. The summed E-state index contributed by atoms with van der Waals surface area (Å²) in [7, 11) is 0. The predicted molar refractivity (Wildman–Crippen MR) is 87.0 cm³/mol. The first kappa shape index (κ1) is 16.3. The summed E-state index contributed by atoms with van der Waals surface area (Å²) in [6.07, 6.45) is 4.54. The van der Waals surface area contributed by atoms with E-state index in [1.165, 1.54) is 0 Å². The van der Waals surface area contributed by atoms with E-state index < -0.39 is 0 Å². The molecule has 0 radical (unpaired) electrons. The van der Waals surface area contributed by atoms with Gasteiger partial charge in [0, 0.05) is 30.4 Å². The molecule has 1 N–H and O–H groups in total.